The molecule has 1 spiro atoms. The van der Waals surface area contributed by atoms with Crippen LogP contribution in [-0.4, -0.2) is 17.7 Å². The fraction of sp³-hybridized carbons (Fsp3) is 0.875. The molecule has 3 heteroatoms. The quantitative estimate of drug-likeness (QED) is 0.551. The minimum Gasteiger partial charge on any atom is -0.375 e. The Labute approximate surface area is 66.1 Å². The van der Waals surface area contributed by atoms with Crippen LogP contribution < -0.4 is 5.73 Å². The van der Waals surface area contributed by atoms with Gasteiger partial charge in [0.25, 0.3) is 0 Å². The molecule has 1 saturated carbocycles. The molecule has 0 radical (unpaired) electrons. The summed E-state index contributed by atoms with van der Waals surface area (Å²) in [5, 5.41) is 8.78. The molecule has 0 aromatic carbocycles. The van der Waals surface area contributed by atoms with E-state index < -0.39 is 5.54 Å². The van der Waals surface area contributed by atoms with E-state index in [1.807, 2.05) is 0 Å². The van der Waals surface area contributed by atoms with E-state index >= 15 is 0 Å². The first-order valence-electron chi connectivity index (χ1n) is 4.02. The van der Waals surface area contributed by atoms with Gasteiger partial charge in [-0.15, -0.1) is 0 Å². The Balaban J connectivity index is 2.10. The maximum absolute atomic E-state index is 8.78. The zero-order valence-electron chi connectivity index (χ0n) is 6.47. The van der Waals surface area contributed by atoms with Gasteiger partial charge < -0.3 is 10.5 Å². The number of rotatable bonds is 0. The van der Waals surface area contributed by atoms with E-state index in [4.69, 9.17) is 15.7 Å². The highest BCUT2D eigenvalue weighted by atomic mass is 16.5. The normalized spacial score (nSPS) is 40.0. The fourth-order valence-corrected chi connectivity index (χ4v) is 1.72. The molecular formula is C8H12N2O. The highest BCUT2D eigenvalue weighted by Crippen LogP contribution is 2.48. The summed E-state index contributed by atoms with van der Waals surface area (Å²) in [4.78, 5) is 0. The van der Waals surface area contributed by atoms with Crippen molar-refractivity contribution in [3.8, 4) is 6.07 Å². The van der Waals surface area contributed by atoms with Crippen molar-refractivity contribution >= 4 is 0 Å². The van der Waals surface area contributed by atoms with Gasteiger partial charge in [0.2, 0.25) is 0 Å². The molecule has 1 saturated heterocycles. The third-order valence-corrected chi connectivity index (χ3v) is 2.62. The van der Waals surface area contributed by atoms with Crippen molar-refractivity contribution in [3.63, 3.8) is 0 Å². The summed E-state index contributed by atoms with van der Waals surface area (Å²) in [5.74, 6) is 0. The summed E-state index contributed by atoms with van der Waals surface area (Å²) in [6.45, 7) is 0.657. The lowest BCUT2D eigenvalue weighted by Gasteiger charge is -2.32. The first-order chi connectivity index (χ1) is 5.18. The van der Waals surface area contributed by atoms with Gasteiger partial charge in [0.1, 0.15) is 5.54 Å². The van der Waals surface area contributed by atoms with Crippen molar-refractivity contribution in [2.24, 2.45) is 5.73 Å². The first kappa shape index (κ1) is 7.08. The molecule has 0 aromatic rings. The molecular weight excluding hydrogens is 140 g/mol. The number of nitrogens with two attached hydrogens (primary N) is 1. The van der Waals surface area contributed by atoms with Gasteiger partial charge in [-0.05, 0) is 12.8 Å². The molecule has 1 heterocycles. The van der Waals surface area contributed by atoms with E-state index in [9.17, 15) is 0 Å². The SMILES string of the molecule is N#CC1(N)CCOC2(CC2)C1. The highest BCUT2D eigenvalue weighted by molar-refractivity contribution is 5.15. The zero-order valence-corrected chi connectivity index (χ0v) is 6.47. The predicted octanol–water partition coefficient (Wildman–Crippen LogP) is 0.550. The lowest BCUT2D eigenvalue weighted by molar-refractivity contribution is -0.0249. The van der Waals surface area contributed by atoms with Gasteiger partial charge in [0, 0.05) is 12.8 Å². The van der Waals surface area contributed by atoms with Crippen LogP contribution in [0.5, 0.6) is 0 Å². The van der Waals surface area contributed by atoms with Crippen LogP contribution in [0.25, 0.3) is 0 Å². The van der Waals surface area contributed by atoms with Crippen molar-refractivity contribution in [2.75, 3.05) is 6.61 Å². The Morgan fingerprint density at radius 3 is 2.64 bits per heavy atom. The first-order valence-corrected chi connectivity index (χ1v) is 4.02. The summed E-state index contributed by atoms with van der Waals surface area (Å²) in [5.41, 5.74) is 5.25. The van der Waals surface area contributed by atoms with Crippen LogP contribution in [0.3, 0.4) is 0 Å². The monoisotopic (exact) mass is 152 g/mol. The van der Waals surface area contributed by atoms with E-state index in [1.165, 1.54) is 0 Å². The highest BCUT2D eigenvalue weighted by Gasteiger charge is 2.52. The van der Waals surface area contributed by atoms with Crippen LogP contribution >= 0.6 is 0 Å². The summed E-state index contributed by atoms with van der Waals surface area (Å²) >= 11 is 0. The standard InChI is InChI=1S/C8H12N2O/c9-6-7(10)3-4-11-8(5-7)1-2-8/h1-5,10H2. The van der Waals surface area contributed by atoms with Crippen molar-refractivity contribution in [1.29, 1.82) is 5.26 Å². The zero-order chi connectivity index (χ0) is 7.95. The summed E-state index contributed by atoms with van der Waals surface area (Å²) < 4.78 is 5.54. The average molecular weight is 152 g/mol. The Hall–Kier alpha value is -0.590. The Morgan fingerprint density at radius 1 is 1.36 bits per heavy atom. The maximum atomic E-state index is 8.78. The Kier molecular flexibility index (Phi) is 1.26. The van der Waals surface area contributed by atoms with Gasteiger partial charge in [-0.2, -0.15) is 5.26 Å². The number of hydrogen-bond donors (Lipinski definition) is 1. The van der Waals surface area contributed by atoms with Gasteiger partial charge in [-0.25, -0.2) is 0 Å². The van der Waals surface area contributed by atoms with Crippen LogP contribution in [0.2, 0.25) is 0 Å². The molecule has 1 aliphatic carbocycles. The summed E-state index contributed by atoms with van der Waals surface area (Å²) in [6.07, 6.45) is 3.60. The molecule has 0 bridgehead atoms. The third-order valence-electron chi connectivity index (χ3n) is 2.62. The van der Waals surface area contributed by atoms with Crippen LogP contribution in [0.1, 0.15) is 25.7 Å². The Morgan fingerprint density at radius 2 is 2.09 bits per heavy atom. The van der Waals surface area contributed by atoms with Gasteiger partial charge in [0.15, 0.2) is 0 Å². The number of hydrogen-bond acceptors (Lipinski definition) is 3. The summed E-state index contributed by atoms with van der Waals surface area (Å²) in [7, 11) is 0. The molecule has 1 aliphatic heterocycles. The van der Waals surface area contributed by atoms with Crippen LogP contribution in [-0.2, 0) is 4.74 Å². The van der Waals surface area contributed by atoms with Crippen molar-refractivity contribution in [2.45, 2.75) is 36.8 Å². The van der Waals surface area contributed by atoms with Gasteiger partial charge in [0.05, 0.1) is 18.3 Å². The number of nitrogens with zero attached hydrogens (tertiary/aromatic N) is 1. The third kappa shape index (κ3) is 1.13. The van der Waals surface area contributed by atoms with Crippen molar-refractivity contribution in [3.05, 3.63) is 0 Å². The second kappa shape index (κ2) is 1.96. The van der Waals surface area contributed by atoms with E-state index in [-0.39, 0.29) is 5.60 Å². The van der Waals surface area contributed by atoms with Gasteiger partial charge >= 0.3 is 0 Å². The Bertz CT molecular complexity index is 217. The molecule has 2 aliphatic rings. The van der Waals surface area contributed by atoms with E-state index in [1.54, 1.807) is 0 Å². The maximum Gasteiger partial charge on any atom is 0.109 e. The van der Waals surface area contributed by atoms with E-state index in [0.717, 1.165) is 19.3 Å². The molecule has 1 unspecified atom stereocenters. The number of nitriles is 1. The van der Waals surface area contributed by atoms with Crippen molar-refractivity contribution < 1.29 is 4.74 Å². The predicted molar refractivity (Wildman–Crippen MR) is 39.7 cm³/mol. The summed E-state index contributed by atoms with van der Waals surface area (Å²) in [6, 6.07) is 2.17. The van der Waals surface area contributed by atoms with Crippen LogP contribution in [0.15, 0.2) is 0 Å². The molecule has 0 aromatic heterocycles. The second-order valence-corrected chi connectivity index (χ2v) is 3.73. The van der Waals surface area contributed by atoms with E-state index in [2.05, 4.69) is 6.07 Å². The average Bonchev–Trinajstić information content (AvgIpc) is 2.69. The van der Waals surface area contributed by atoms with Crippen LogP contribution in [0, 0.1) is 11.3 Å². The van der Waals surface area contributed by atoms with Gasteiger partial charge in [-0.3, -0.25) is 0 Å². The minimum absolute atomic E-state index is 0.0166. The van der Waals surface area contributed by atoms with E-state index in [0.29, 0.717) is 13.0 Å². The molecule has 1 atom stereocenters. The number of ether oxygens (including phenoxy) is 1. The van der Waals surface area contributed by atoms with Crippen LogP contribution in [0.4, 0.5) is 0 Å². The molecule has 60 valence electrons. The minimum atomic E-state index is -0.602. The molecule has 11 heavy (non-hydrogen) atoms. The smallest absolute Gasteiger partial charge is 0.109 e. The van der Waals surface area contributed by atoms with Crippen molar-refractivity contribution in [1.82, 2.24) is 0 Å². The largest absolute Gasteiger partial charge is 0.375 e. The second-order valence-electron chi connectivity index (χ2n) is 3.73. The van der Waals surface area contributed by atoms with Gasteiger partial charge in [-0.1, -0.05) is 0 Å². The lowest BCUT2D eigenvalue weighted by atomic mass is 9.88. The fourth-order valence-electron chi connectivity index (χ4n) is 1.72. The molecule has 3 nitrogen and oxygen atoms in total. The topological polar surface area (TPSA) is 59.0 Å². The molecule has 0 amide bonds. The molecule has 2 N–H and O–H groups in total. The molecule has 2 fully saturated rings. The lowest BCUT2D eigenvalue weighted by Crippen LogP contribution is -2.47. The molecule has 2 rings (SSSR count).